The van der Waals surface area contributed by atoms with Crippen molar-refractivity contribution in [1.29, 1.82) is 0 Å². The predicted molar refractivity (Wildman–Crippen MR) is 98.1 cm³/mol. The Hall–Kier alpha value is -2.45. The number of hydrogen-bond donors (Lipinski definition) is 0. The highest BCUT2D eigenvalue weighted by molar-refractivity contribution is 7.22. The fourth-order valence-corrected chi connectivity index (χ4v) is 3.94. The number of fused-ring (bicyclic) bond motifs is 1. The lowest BCUT2D eigenvalue weighted by molar-refractivity contribution is 0.0910. The van der Waals surface area contributed by atoms with E-state index in [1.54, 1.807) is 25.0 Å². The van der Waals surface area contributed by atoms with Gasteiger partial charge in [-0.1, -0.05) is 16.5 Å². The molecule has 3 aromatic rings. The monoisotopic (exact) mass is 373 g/mol. The Morgan fingerprint density at radius 3 is 3.00 bits per heavy atom. The van der Waals surface area contributed by atoms with Crippen LogP contribution in [0.15, 0.2) is 28.8 Å². The molecular formula is C18H19N3O4S. The van der Waals surface area contributed by atoms with Crippen molar-refractivity contribution < 1.29 is 18.8 Å². The molecule has 0 saturated carbocycles. The number of ether oxygens (including phenoxy) is 2. The van der Waals surface area contributed by atoms with E-state index >= 15 is 0 Å². The Balaban J connectivity index is 1.70. The number of aryl methyl sites for hydroxylation is 1. The fraction of sp³-hybridized carbons (Fsp3) is 0.389. The highest BCUT2D eigenvalue weighted by atomic mass is 32.1. The van der Waals surface area contributed by atoms with Gasteiger partial charge in [-0.3, -0.25) is 9.69 Å². The smallest absolute Gasteiger partial charge is 0.282 e. The molecule has 1 aliphatic rings. The Bertz CT molecular complexity index is 930. The molecule has 8 heteroatoms. The Morgan fingerprint density at radius 2 is 2.31 bits per heavy atom. The molecule has 7 nitrogen and oxygen atoms in total. The number of benzene rings is 1. The van der Waals surface area contributed by atoms with Gasteiger partial charge in [0.05, 0.1) is 30.0 Å². The molecule has 0 spiro atoms. The molecule has 136 valence electrons. The first-order valence-electron chi connectivity index (χ1n) is 8.45. The van der Waals surface area contributed by atoms with Crippen molar-refractivity contribution in [3.63, 3.8) is 0 Å². The standard InChI is InChI=1S/C18H19N3O4S/c1-11-8-15(20-25-11)17(22)21(10-13-4-3-7-24-13)18-19-14-9-12(23-2)5-6-16(14)26-18/h5-6,8-9,13H,3-4,7,10H2,1-2H3/t13-/m0/s1. The number of amides is 1. The molecule has 1 aliphatic heterocycles. The summed E-state index contributed by atoms with van der Waals surface area (Å²) in [6.07, 6.45) is 1.95. The zero-order valence-electron chi connectivity index (χ0n) is 14.6. The van der Waals surface area contributed by atoms with Gasteiger partial charge in [-0.05, 0) is 31.9 Å². The lowest BCUT2D eigenvalue weighted by Crippen LogP contribution is -2.37. The normalized spacial score (nSPS) is 16.9. The van der Waals surface area contributed by atoms with Crippen molar-refractivity contribution in [3.05, 3.63) is 35.7 Å². The summed E-state index contributed by atoms with van der Waals surface area (Å²) in [4.78, 5) is 19.3. The van der Waals surface area contributed by atoms with E-state index in [1.807, 2.05) is 18.2 Å². The highest BCUT2D eigenvalue weighted by Gasteiger charge is 2.28. The van der Waals surface area contributed by atoms with Crippen molar-refractivity contribution in [3.8, 4) is 5.75 Å². The van der Waals surface area contributed by atoms with Crippen LogP contribution >= 0.6 is 11.3 Å². The van der Waals surface area contributed by atoms with E-state index in [-0.39, 0.29) is 17.7 Å². The predicted octanol–water partition coefficient (Wildman–Crippen LogP) is 3.43. The SMILES string of the molecule is COc1ccc2sc(N(C[C@@H]3CCCO3)C(=O)c3cc(C)on3)nc2c1. The molecule has 1 amide bonds. The van der Waals surface area contributed by atoms with Crippen LogP contribution in [0.3, 0.4) is 0 Å². The van der Waals surface area contributed by atoms with Crippen LogP contribution in [0, 0.1) is 6.92 Å². The minimum Gasteiger partial charge on any atom is -0.497 e. The molecule has 26 heavy (non-hydrogen) atoms. The number of thiazole rings is 1. The topological polar surface area (TPSA) is 77.7 Å². The summed E-state index contributed by atoms with van der Waals surface area (Å²) in [5.41, 5.74) is 1.07. The minimum atomic E-state index is -0.233. The zero-order valence-corrected chi connectivity index (χ0v) is 15.4. The maximum absolute atomic E-state index is 13.0. The molecule has 3 heterocycles. The van der Waals surface area contributed by atoms with Crippen LogP contribution in [0.2, 0.25) is 0 Å². The molecule has 1 saturated heterocycles. The van der Waals surface area contributed by atoms with Gasteiger partial charge in [-0.25, -0.2) is 4.98 Å². The number of nitrogens with zero attached hydrogens (tertiary/aromatic N) is 3. The molecule has 4 rings (SSSR count). The number of rotatable bonds is 5. The van der Waals surface area contributed by atoms with E-state index in [2.05, 4.69) is 10.1 Å². The van der Waals surface area contributed by atoms with Crippen LogP contribution in [0.1, 0.15) is 29.1 Å². The quantitative estimate of drug-likeness (QED) is 0.682. The van der Waals surface area contributed by atoms with Crippen LogP contribution in [-0.4, -0.2) is 42.4 Å². The third-order valence-electron chi connectivity index (χ3n) is 4.32. The molecule has 0 radical (unpaired) electrons. The van der Waals surface area contributed by atoms with Crippen molar-refractivity contribution in [2.45, 2.75) is 25.9 Å². The molecule has 0 N–H and O–H groups in total. The third-order valence-corrected chi connectivity index (χ3v) is 5.38. The summed E-state index contributed by atoms with van der Waals surface area (Å²) in [5, 5.41) is 4.49. The molecule has 0 aliphatic carbocycles. The Kier molecular flexibility index (Phi) is 4.60. The van der Waals surface area contributed by atoms with Crippen molar-refractivity contribution in [2.75, 3.05) is 25.2 Å². The van der Waals surface area contributed by atoms with E-state index in [0.29, 0.717) is 17.4 Å². The maximum atomic E-state index is 13.0. The van der Waals surface area contributed by atoms with Gasteiger partial charge >= 0.3 is 0 Å². The van der Waals surface area contributed by atoms with Gasteiger partial charge in [-0.15, -0.1) is 0 Å². The van der Waals surface area contributed by atoms with Gasteiger partial charge < -0.3 is 14.0 Å². The van der Waals surface area contributed by atoms with Crippen molar-refractivity contribution in [2.24, 2.45) is 0 Å². The molecule has 1 atom stereocenters. The number of carbonyl (C=O) groups excluding carboxylic acids is 1. The van der Waals surface area contributed by atoms with E-state index in [4.69, 9.17) is 14.0 Å². The molecule has 0 unspecified atom stereocenters. The van der Waals surface area contributed by atoms with E-state index in [1.165, 1.54) is 11.3 Å². The molecule has 0 bridgehead atoms. The number of anilines is 1. The lowest BCUT2D eigenvalue weighted by Gasteiger charge is -2.21. The first kappa shape index (κ1) is 17.0. The second kappa shape index (κ2) is 7.05. The van der Waals surface area contributed by atoms with Crippen molar-refractivity contribution in [1.82, 2.24) is 10.1 Å². The van der Waals surface area contributed by atoms with E-state index < -0.39 is 0 Å². The average molecular weight is 373 g/mol. The van der Waals surface area contributed by atoms with E-state index in [9.17, 15) is 4.79 Å². The van der Waals surface area contributed by atoms with Crippen LogP contribution < -0.4 is 9.64 Å². The first-order valence-corrected chi connectivity index (χ1v) is 9.27. The highest BCUT2D eigenvalue weighted by Crippen LogP contribution is 2.32. The maximum Gasteiger partial charge on any atom is 0.282 e. The molecule has 2 aromatic heterocycles. The van der Waals surface area contributed by atoms with Crippen LogP contribution in [0.25, 0.3) is 10.2 Å². The van der Waals surface area contributed by atoms with Crippen LogP contribution in [0.5, 0.6) is 5.75 Å². The first-order chi connectivity index (χ1) is 12.6. The summed E-state index contributed by atoms with van der Waals surface area (Å²) in [6, 6.07) is 7.34. The summed E-state index contributed by atoms with van der Waals surface area (Å²) in [7, 11) is 1.62. The van der Waals surface area contributed by atoms with Gasteiger partial charge in [0.25, 0.3) is 5.91 Å². The number of carbonyl (C=O) groups is 1. The van der Waals surface area contributed by atoms with Gasteiger partial charge in [0.1, 0.15) is 11.5 Å². The largest absolute Gasteiger partial charge is 0.497 e. The average Bonchev–Trinajstić information content (AvgIpc) is 3.38. The molecule has 1 aromatic carbocycles. The zero-order chi connectivity index (χ0) is 18.1. The lowest BCUT2D eigenvalue weighted by atomic mass is 10.2. The van der Waals surface area contributed by atoms with Gasteiger partial charge in [0.15, 0.2) is 10.8 Å². The summed E-state index contributed by atoms with van der Waals surface area (Å²) < 4.78 is 17.0. The minimum absolute atomic E-state index is 0.00787. The second-order valence-corrected chi connectivity index (χ2v) is 7.21. The summed E-state index contributed by atoms with van der Waals surface area (Å²) in [5.74, 6) is 1.10. The van der Waals surface area contributed by atoms with Gasteiger partial charge in [-0.2, -0.15) is 0 Å². The number of hydrogen-bond acceptors (Lipinski definition) is 7. The molecular weight excluding hydrogens is 354 g/mol. The summed E-state index contributed by atoms with van der Waals surface area (Å²) in [6.45, 7) is 2.94. The Morgan fingerprint density at radius 1 is 1.42 bits per heavy atom. The fourth-order valence-electron chi connectivity index (χ4n) is 2.98. The third kappa shape index (κ3) is 3.30. The number of aromatic nitrogens is 2. The van der Waals surface area contributed by atoms with Gasteiger partial charge in [0.2, 0.25) is 0 Å². The van der Waals surface area contributed by atoms with E-state index in [0.717, 1.165) is 35.4 Å². The van der Waals surface area contributed by atoms with Crippen LogP contribution in [0.4, 0.5) is 5.13 Å². The Labute approximate surface area is 154 Å². The second-order valence-electron chi connectivity index (χ2n) is 6.20. The van der Waals surface area contributed by atoms with Crippen molar-refractivity contribution >= 4 is 32.6 Å². The number of methoxy groups -OCH3 is 1. The van der Waals surface area contributed by atoms with Crippen LogP contribution in [-0.2, 0) is 4.74 Å². The van der Waals surface area contributed by atoms with Gasteiger partial charge in [0, 0.05) is 18.7 Å². The summed E-state index contributed by atoms with van der Waals surface area (Å²) >= 11 is 1.46. The molecule has 1 fully saturated rings.